The maximum Gasteiger partial charge on any atom is 0.320 e. The first-order valence-corrected chi connectivity index (χ1v) is 11.5. The Kier molecular flexibility index (Phi) is 5.62. The molecule has 5 heterocycles. The maximum absolute atomic E-state index is 13.4. The van der Waals surface area contributed by atoms with Gasteiger partial charge in [-0.3, -0.25) is 19.2 Å². The van der Waals surface area contributed by atoms with Crippen molar-refractivity contribution in [3.63, 3.8) is 0 Å². The van der Waals surface area contributed by atoms with Gasteiger partial charge in [0.1, 0.15) is 29.6 Å². The van der Waals surface area contributed by atoms with Gasteiger partial charge in [0.2, 0.25) is 17.3 Å². The summed E-state index contributed by atoms with van der Waals surface area (Å²) in [7, 11) is -1.31. The van der Waals surface area contributed by atoms with E-state index in [0.717, 1.165) is 23.9 Å². The van der Waals surface area contributed by atoms with Crippen molar-refractivity contribution in [3.05, 3.63) is 81.7 Å². The molecule has 1 unspecified atom stereocenters. The number of thiazole rings is 1. The minimum absolute atomic E-state index is 0.0402. The van der Waals surface area contributed by atoms with Gasteiger partial charge in [-0.05, 0) is 11.5 Å². The lowest BCUT2D eigenvalue weighted by Gasteiger charge is -2.07. The van der Waals surface area contributed by atoms with Crippen molar-refractivity contribution < 1.29 is 32.9 Å². The summed E-state index contributed by atoms with van der Waals surface area (Å²) >= 11 is 0.969. The molecule has 0 N–H and O–H groups in total. The van der Waals surface area contributed by atoms with Crippen LogP contribution in [0.4, 0.5) is 0 Å². The summed E-state index contributed by atoms with van der Waals surface area (Å²) in [5, 5.41) is 8.05. The molecule has 0 saturated carbocycles. The van der Waals surface area contributed by atoms with E-state index in [-0.39, 0.29) is 16.4 Å². The molecule has 0 amide bonds. The number of nitrogens with zero attached hydrogens (tertiary/aromatic N) is 6. The van der Waals surface area contributed by atoms with Gasteiger partial charge >= 0.3 is 5.91 Å². The van der Waals surface area contributed by atoms with Crippen LogP contribution >= 0.6 is 22.0 Å². The number of hydrogen-bond acceptors (Lipinski definition) is 13. The van der Waals surface area contributed by atoms with Gasteiger partial charge in [0.05, 0.1) is 6.20 Å². The molecule has 0 spiro atoms. The first-order chi connectivity index (χ1) is 17.0. The first kappa shape index (κ1) is 22.1. The summed E-state index contributed by atoms with van der Waals surface area (Å²) in [4.78, 5) is 76.0. The van der Waals surface area contributed by atoms with Crippen molar-refractivity contribution in [2.75, 3.05) is 0 Å². The molecule has 15 heteroatoms. The van der Waals surface area contributed by atoms with Crippen LogP contribution < -0.4 is 0 Å². The Labute approximate surface area is 199 Å². The molecule has 0 radical (unpaired) electrons. The number of hydrogen-bond donors (Lipinski definition) is 0. The number of carbonyl (C=O) groups excluding carboxylic acids is 5. The minimum atomic E-state index is -1.31. The molecule has 0 bridgehead atoms. The molecule has 13 nitrogen and oxygen atoms in total. The van der Waals surface area contributed by atoms with Crippen molar-refractivity contribution in [2.45, 2.75) is 0 Å². The van der Waals surface area contributed by atoms with Crippen LogP contribution in [0.1, 0.15) is 53.0 Å². The molecule has 0 fully saturated rings. The Hall–Kier alpha value is -4.72. The van der Waals surface area contributed by atoms with E-state index in [0.29, 0.717) is 4.57 Å². The number of imidazole rings is 1. The quantitative estimate of drug-likeness (QED) is 0.262. The van der Waals surface area contributed by atoms with Gasteiger partial charge in [0, 0.05) is 28.3 Å². The second kappa shape index (κ2) is 8.90. The SMILES string of the molecule is O=C=S1C=CC(C(=O)c2nc(C(=O)c3nccs3)c(C(=O)c3ccon3)n2C(=O)c2ncco2)=N1. The minimum Gasteiger partial charge on any atom is -0.441 e. The third-order valence-electron chi connectivity index (χ3n) is 4.50. The zero-order valence-electron chi connectivity index (χ0n) is 17.0. The number of carbonyl (C=O) groups is 4. The van der Waals surface area contributed by atoms with Crippen LogP contribution in [0.25, 0.3) is 0 Å². The molecule has 1 aliphatic heterocycles. The highest BCUT2D eigenvalue weighted by Crippen LogP contribution is 2.26. The highest BCUT2D eigenvalue weighted by molar-refractivity contribution is 8.16. The highest BCUT2D eigenvalue weighted by Gasteiger charge is 2.37. The van der Waals surface area contributed by atoms with Gasteiger partial charge in [0.15, 0.2) is 21.8 Å². The van der Waals surface area contributed by atoms with Crippen LogP contribution in [-0.4, -0.2) is 58.9 Å². The predicted molar refractivity (Wildman–Crippen MR) is 118 cm³/mol. The van der Waals surface area contributed by atoms with Gasteiger partial charge in [-0.25, -0.2) is 28.7 Å². The normalized spacial score (nSPS) is 14.5. The van der Waals surface area contributed by atoms with Crippen LogP contribution in [0.3, 0.4) is 0 Å². The van der Waals surface area contributed by atoms with E-state index in [9.17, 15) is 24.0 Å². The Balaban J connectivity index is 1.78. The summed E-state index contributed by atoms with van der Waals surface area (Å²) < 4.78 is 14.3. The van der Waals surface area contributed by atoms with E-state index >= 15 is 0 Å². The van der Waals surface area contributed by atoms with E-state index in [1.54, 1.807) is 5.23 Å². The zero-order chi connectivity index (χ0) is 24.5. The lowest BCUT2D eigenvalue weighted by atomic mass is 10.1. The Morgan fingerprint density at radius 2 is 1.91 bits per heavy atom. The van der Waals surface area contributed by atoms with Gasteiger partial charge in [-0.1, -0.05) is 5.16 Å². The molecule has 0 aliphatic carbocycles. The number of rotatable bonds is 7. The van der Waals surface area contributed by atoms with Crippen LogP contribution in [0.5, 0.6) is 0 Å². The third kappa shape index (κ3) is 3.85. The smallest absolute Gasteiger partial charge is 0.320 e. The summed E-state index contributed by atoms with van der Waals surface area (Å²) in [6, 6.07) is 1.21. The lowest BCUT2D eigenvalue weighted by Crippen LogP contribution is -2.26. The average Bonchev–Trinajstić information content (AvgIpc) is 3.72. The van der Waals surface area contributed by atoms with Gasteiger partial charge in [0.25, 0.3) is 5.89 Å². The molecule has 0 aromatic carbocycles. The van der Waals surface area contributed by atoms with Crippen molar-refractivity contribution >= 4 is 56.2 Å². The Bertz CT molecular complexity index is 1610. The molecule has 5 rings (SSSR count). The van der Waals surface area contributed by atoms with E-state index < -0.39 is 57.0 Å². The van der Waals surface area contributed by atoms with E-state index in [2.05, 4.69) is 24.5 Å². The van der Waals surface area contributed by atoms with Crippen molar-refractivity contribution in [3.8, 4) is 0 Å². The number of allylic oxidation sites excluding steroid dienone is 1. The monoisotopic (exact) mass is 508 g/mol. The van der Waals surface area contributed by atoms with Crippen molar-refractivity contribution in [1.29, 1.82) is 0 Å². The van der Waals surface area contributed by atoms with Gasteiger partial charge in [-0.15, -0.1) is 11.3 Å². The predicted octanol–water partition coefficient (Wildman–Crippen LogP) is 1.87. The number of aromatic nitrogens is 5. The highest BCUT2D eigenvalue weighted by atomic mass is 32.2. The fraction of sp³-hybridized carbons (Fsp3) is 0. The summed E-state index contributed by atoms with van der Waals surface area (Å²) in [6.45, 7) is 0. The molecule has 35 heavy (non-hydrogen) atoms. The Morgan fingerprint density at radius 1 is 1.06 bits per heavy atom. The van der Waals surface area contributed by atoms with Crippen LogP contribution in [-0.2, 0) is 4.79 Å². The summed E-state index contributed by atoms with van der Waals surface area (Å²) in [5.41, 5.74) is -1.58. The van der Waals surface area contributed by atoms with Gasteiger partial charge < -0.3 is 8.94 Å². The fourth-order valence-corrected chi connectivity index (χ4v) is 4.37. The van der Waals surface area contributed by atoms with Crippen molar-refractivity contribution in [1.82, 2.24) is 24.7 Å². The molecule has 4 aromatic rings. The second-order valence-electron chi connectivity index (χ2n) is 6.50. The Morgan fingerprint density at radius 3 is 2.54 bits per heavy atom. The molecule has 1 aliphatic rings. The van der Waals surface area contributed by atoms with Crippen LogP contribution in [0.15, 0.2) is 61.2 Å². The maximum atomic E-state index is 13.4. The third-order valence-corrected chi connectivity index (χ3v) is 6.23. The van der Waals surface area contributed by atoms with Gasteiger partial charge in [-0.2, -0.15) is 0 Å². The first-order valence-electron chi connectivity index (χ1n) is 9.38. The molecule has 1 atom stereocenters. The largest absolute Gasteiger partial charge is 0.441 e. The number of oxazole rings is 1. The van der Waals surface area contributed by atoms with E-state index in [1.807, 2.05) is 0 Å². The summed E-state index contributed by atoms with van der Waals surface area (Å²) in [6.07, 6.45) is 6.04. The van der Waals surface area contributed by atoms with E-state index in [4.69, 9.17) is 8.94 Å². The van der Waals surface area contributed by atoms with Crippen LogP contribution in [0.2, 0.25) is 0 Å². The lowest BCUT2D eigenvalue weighted by molar-refractivity contribution is 0.0888. The molecule has 0 saturated heterocycles. The summed E-state index contributed by atoms with van der Waals surface area (Å²) in [5.74, 6) is -4.85. The topological polar surface area (TPSA) is 180 Å². The fourth-order valence-electron chi connectivity index (χ4n) is 3.02. The molecular weight excluding hydrogens is 500 g/mol. The second-order valence-corrected chi connectivity index (χ2v) is 8.64. The van der Waals surface area contributed by atoms with Crippen LogP contribution in [0, 0.1) is 0 Å². The zero-order valence-corrected chi connectivity index (χ0v) is 18.6. The van der Waals surface area contributed by atoms with Crippen molar-refractivity contribution in [2.24, 2.45) is 4.40 Å². The standard InChI is InChI=1S/C20H8N6O7S2/c27-9-35-8-2-11(25-35)15(29)17-23-12(16(30)19-22-4-7-34-19)13(14(28)10-1-5-33-24-10)26(17)20(31)18-21-3-6-32-18/h1-8H. The molecular formula is C20H8N6O7S2. The molecule has 172 valence electrons. The van der Waals surface area contributed by atoms with E-state index in [1.165, 1.54) is 35.3 Å². The molecule has 4 aromatic heterocycles. The average molecular weight is 508 g/mol. The number of Topliss-reactive ketones (excluding diaryl/α,β-unsaturated/α-hetero) is 1. The number of ketones is 3.